The third kappa shape index (κ3) is 2.95. The number of nitrogens with zero attached hydrogens (tertiary/aromatic N) is 3. The lowest BCUT2D eigenvalue weighted by Gasteiger charge is -2.23. The number of aromatic nitrogens is 3. The van der Waals surface area contributed by atoms with Gasteiger partial charge in [0.25, 0.3) is 0 Å². The summed E-state index contributed by atoms with van der Waals surface area (Å²) in [5.74, 6) is 0.713. The standard InChI is InChI=1S/C22H21FN4O/c23-16-8-7-15-9-12-26(20(15)14-16)13-10-21(28)27-11-3-6-19(27)22-24-17-4-1-2-5-18(17)25-22/h1-2,4-5,7-9,12,14,19H,3,6,10-11,13H2,(H,24,25)/t19-/m1/s1. The Hall–Kier alpha value is -3.15. The predicted molar refractivity (Wildman–Crippen MR) is 106 cm³/mol. The number of hydrogen-bond donors (Lipinski definition) is 1. The van der Waals surface area contributed by atoms with Crippen molar-refractivity contribution >= 4 is 27.8 Å². The van der Waals surface area contributed by atoms with Crippen molar-refractivity contribution in [3.05, 3.63) is 66.4 Å². The highest BCUT2D eigenvalue weighted by molar-refractivity contribution is 5.81. The molecule has 5 rings (SSSR count). The molecule has 0 aliphatic carbocycles. The Kier molecular flexibility index (Phi) is 4.11. The highest BCUT2D eigenvalue weighted by Crippen LogP contribution is 2.32. The van der Waals surface area contributed by atoms with Crippen molar-refractivity contribution in [2.45, 2.75) is 31.8 Å². The van der Waals surface area contributed by atoms with Crippen molar-refractivity contribution in [2.75, 3.05) is 6.54 Å². The Labute approximate surface area is 161 Å². The molecule has 0 saturated carbocycles. The van der Waals surface area contributed by atoms with Crippen LogP contribution in [0, 0.1) is 5.82 Å². The smallest absolute Gasteiger partial charge is 0.224 e. The maximum absolute atomic E-state index is 13.6. The Morgan fingerprint density at radius 3 is 3.00 bits per heavy atom. The zero-order valence-corrected chi connectivity index (χ0v) is 15.4. The van der Waals surface area contributed by atoms with E-state index < -0.39 is 0 Å². The van der Waals surface area contributed by atoms with Gasteiger partial charge in [-0.2, -0.15) is 0 Å². The normalized spacial score (nSPS) is 17.0. The minimum Gasteiger partial charge on any atom is -0.347 e. The van der Waals surface area contributed by atoms with Crippen LogP contribution in [0.3, 0.4) is 0 Å². The van der Waals surface area contributed by atoms with Gasteiger partial charge < -0.3 is 14.5 Å². The van der Waals surface area contributed by atoms with Crippen LogP contribution in [0.5, 0.6) is 0 Å². The van der Waals surface area contributed by atoms with E-state index in [0.29, 0.717) is 13.0 Å². The van der Waals surface area contributed by atoms with Crippen LogP contribution in [0.1, 0.15) is 31.1 Å². The summed E-state index contributed by atoms with van der Waals surface area (Å²) < 4.78 is 15.5. The lowest BCUT2D eigenvalue weighted by Crippen LogP contribution is -2.31. The molecule has 0 spiro atoms. The van der Waals surface area contributed by atoms with Crippen LogP contribution in [0.4, 0.5) is 4.39 Å². The Bertz CT molecular complexity index is 1130. The molecule has 1 N–H and O–H groups in total. The van der Waals surface area contributed by atoms with E-state index in [1.807, 2.05) is 46.0 Å². The highest BCUT2D eigenvalue weighted by atomic mass is 19.1. The van der Waals surface area contributed by atoms with Gasteiger partial charge in [-0.1, -0.05) is 12.1 Å². The maximum Gasteiger partial charge on any atom is 0.224 e. The summed E-state index contributed by atoms with van der Waals surface area (Å²) in [6.45, 7) is 1.29. The van der Waals surface area contributed by atoms with E-state index in [0.717, 1.165) is 47.1 Å². The first-order chi connectivity index (χ1) is 13.7. The second-order valence-electron chi connectivity index (χ2n) is 7.35. The number of H-pyrrole nitrogens is 1. The van der Waals surface area contributed by atoms with Crippen molar-refractivity contribution in [3.8, 4) is 0 Å². The largest absolute Gasteiger partial charge is 0.347 e. The summed E-state index contributed by atoms with van der Waals surface area (Å²) in [4.78, 5) is 22.9. The minimum atomic E-state index is -0.261. The molecular formula is C22H21FN4O. The number of amides is 1. The van der Waals surface area contributed by atoms with Gasteiger partial charge in [0.05, 0.1) is 22.6 Å². The number of imidazole rings is 1. The predicted octanol–water partition coefficient (Wildman–Crippen LogP) is 4.41. The average molecular weight is 376 g/mol. The molecule has 1 fully saturated rings. The SMILES string of the molecule is O=C(CCn1ccc2ccc(F)cc21)N1CCC[C@@H]1c1nc2ccccc2[nH]1. The fourth-order valence-corrected chi connectivity index (χ4v) is 4.19. The van der Waals surface area contributed by atoms with Gasteiger partial charge in [-0.3, -0.25) is 4.79 Å². The molecule has 4 aromatic rings. The van der Waals surface area contributed by atoms with Crippen LogP contribution in [-0.2, 0) is 11.3 Å². The van der Waals surface area contributed by atoms with Gasteiger partial charge >= 0.3 is 0 Å². The number of carbonyl (C=O) groups is 1. The lowest BCUT2D eigenvalue weighted by atomic mass is 10.2. The molecule has 1 saturated heterocycles. The van der Waals surface area contributed by atoms with Crippen molar-refractivity contribution < 1.29 is 9.18 Å². The van der Waals surface area contributed by atoms with E-state index in [9.17, 15) is 9.18 Å². The van der Waals surface area contributed by atoms with Crippen molar-refractivity contribution in [1.82, 2.24) is 19.4 Å². The number of benzene rings is 2. The Morgan fingerprint density at radius 2 is 2.11 bits per heavy atom. The summed E-state index contributed by atoms with van der Waals surface area (Å²) >= 11 is 0. The van der Waals surface area contributed by atoms with Gasteiger partial charge in [0.15, 0.2) is 0 Å². The van der Waals surface area contributed by atoms with E-state index in [-0.39, 0.29) is 17.8 Å². The van der Waals surface area contributed by atoms with Gasteiger partial charge in [-0.25, -0.2) is 9.37 Å². The molecule has 28 heavy (non-hydrogen) atoms. The average Bonchev–Trinajstić information content (AvgIpc) is 3.43. The first-order valence-electron chi connectivity index (χ1n) is 9.67. The number of para-hydroxylation sites is 2. The zero-order valence-electron chi connectivity index (χ0n) is 15.4. The van der Waals surface area contributed by atoms with Gasteiger partial charge in [0, 0.05) is 25.7 Å². The maximum atomic E-state index is 13.6. The molecule has 142 valence electrons. The minimum absolute atomic E-state index is 0.00116. The number of carbonyl (C=O) groups excluding carboxylic acids is 1. The number of hydrogen-bond acceptors (Lipinski definition) is 2. The summed E-state index contributed by atoms with van der Waals surface area (Å²) in [7, 11) is 0. The first kappa shape index (κ1) is 17.0. The molecule has 1 aliphatic heterocycles. The van der Waals surface area contributed by atoms with Crippen LogP contribution < -0.4 is 0 Å². The molecule has 0 bridgehead atoms. The number of nitrogens with one attached hydrogen (secondary N) is 1. The van der Waals surface area contributed by atoms with Crippen LogP contribution in [0.25, 0.3) is 21.9 Å². The van der Waals surface area contributed by atoms with E-state index in [1.54, 1.807) is 6.07 Å². The van der Waals surface area contributed by atoms with Gasteiger partial charge in [-0.15, -0.1) is 0 Å². The molecule has 0 radical (unpaired) electrons. The van der Waals surface area contributed by atoms with Crippen LogP contribution in [-0.4, -0.2) is 31.9 Å². The Balaban J connectivity index is 1.33. The molecule has 2 aromatic heterocycles. The van der Waals surface area contributed by atoms with E-state index in [2.05, 4.69) is 4.98 Å². The number of rotatable bonds is 4. The summed E-state index contributed by atoms with van der Waals surface area (Å²) in [6, 6.07) is 14.6. The number of likely N-dealkylation sites (tertiary alicyclic amines) is 1. The molecule has 2 aromatic carbocycles. The topological polar surface area (TPSA) is 53.9 Å². The number of halogens is 1. The number of aromatic amines is 1. The molecule has 1 aliphatic rings. The second kappa shape index (κ2) is 6.78. The lowest BCUT2D eigenvalue weighted by molar-refractivity contribution is -0.132. The van der Waals surface area contributed by atoms with Crippen molar-refractivity contribution in [2.24, 2.45) is 0 Å². The molecule has 3 heterocycles. The Morgan fingerprint density at radius 1 is 1.21 bits per heavy atom. The molecule has 0 unspecified atom stereocenters. The zero-order chi connectivity index (χ0) is 19.1. The van der Waals surface area contributed by atoms with Crippen molar-refractivity contribution in [3.63, 3.8) is 0 Å². The summed E-state index contributed by atoms with van der Waals surface area (Å²) in [5, 5.41) is 0.982. The first-order valence-corrected chi connectivity index (χ1v) is 9.67. The summed E-state index contributed by atoms with van der Waals surface area (Å²) in [5.41, 5.74) is 2.75. The van der Waals surface area contributed by atoms with Gasteiger partial charge in [0.2, 0.25) is 5.91 Å². The van der Waals surface area contributed by atoms with E-state index in [1.165, 1.54) is 12.1 Å². The third-order valence-electron chi connectivity index (χ3n) is 5.60. The molecule has 5 nitrogen and oxygen atoms in total. The third-order valence-corrected chi connectivity index (χ3v) is 5.60. The quantitative estimate of drug-likeness (QED) is 0.574. The van der Waals surface area contributed by atoms with Gasteiger partial charge in [0.1, 0.15) is 11.6 Å². The fraction of sp³-hybridized carbons (Fsp3) is 0.273. The highest BCUT2D eigenvalue weighted by Gasteiger charge is 2.31. The molecule has 6 heteroatoms. The number of fused-ring (bicyclic) bond motifs is 2. The van der Waals surface area contributed by atoms with Crippen molar-refractivity contribution in [1.29, 1.82) is 0 Å². The molecule has 1 amide bonds. The van der Waals surface area contributed by atoms with E-state index >= 15 is 0 Å². The van der Waals surface area contributed by atoms with Crippen LogP contribution in [0.2, 0.25) is 0 Å². The van der Waals surface area contributed by atoms with Crippen LogP contribution >= 0.6 is 0 Å². The molecular weight excluding hydrogens is 355 g/mol. The monoisotopic (exact) mass is 376 g/mol. The van der Waals surface area contributed by atoms with Crippen LogP contribution in [0.15, 0.2) is 54.7 Å². The van der Waals surface area contributed by atoms with Gasteiger partial charge in [-0.05, 0) is 54.6 Å². The second-order valence-corrected chi connectivity index (χ2v) is 7.35. The molecule has 1 atom stereocenters. The fourth-order valence-electron chi connectivity index (χ4n) is 4.19. The van der Waals surface area contributed by atoms with E-state index in [4.69, 9.17) is 4.98 Å². The summed E-state index contributed by atoms with van der Waals surface area (Å²) in [6.07, 6.45) is 4.20. The number of aryl methyl sites for hydroxylation is 1.